The van der Waals surface area contributed by atoms with E-state index in [1.807, 2.05) is 11.1 Å². The monoisotopic (exact) mass is 443 g/mol. The zero-order valence-corrected chi connectivity index (χ0v) is 19.2. The van der Waals surface area contributed by atoms with E-state index in [-0.39, 0.29) is 11.7 Å². The molecule has 2 aliphatic heterocycles. The lowest BCUT2D eigenvalue weighted by Gasteiger charge is -2.36. The number of amides is 1. The fourth-order valence-electron chi connectivity index (χ4n) is 4.25. The van der Waals surface area contributed by atoms with Crippen molar-refractivity contribution in [3.63, 3.8) is 0 Å². The van der Waals surface area contributed by atoms with Crippen molar-refractivity contribution in [2.75, 3.05) is 47.7 Å². The number of rotatable bonds is 4. The molecular weight excluding hydrogens is 414 g/mol. The molecule has 0 bridgehead atoms. The molecule has 2 aliphatic rings. The van der Waals surface area contributed by atoms with Crippen LogP contribution >= 0.6 is 0 Å². The second kappa shape index (κ2) is 8.45. The summed E-state index contributed by atoms with van der Waals surface area (Å²) in [5.74, 6) is 1.46. The van der Waals surface area contributed by atoms with E-state index >= 15 is 0 Å². The smallest absolute Gasteiger partial charge is 0.255 e. The predicted octanol–water partition coefficient (Wildman–Crippen LogP) is 2.16. The number of aromatic nitrogens is 2. The minimum Gasteiger partial charge on any atom is -0.353 e. The van der Waals surface area contributed by atoms with Crippen LogP contribution in [0.15, 0.2) is 24.4 Å². The van der Waals surface area contributed by atoms with E-state index in [0.29, 0.717) is 43.1 Å². The van der Waals surface area contributed by atoms with Crippen LogP contribution in [-0.2, 0) is 16.4 Å². The van der Waals surface area contributed by atoms with Gasteiger partial charge < -0.3 is 9.80 Å². The quantitative estimate of drug-likeness (QED) is 0.720. The molecule has 2 aromatic rings. The van der Waals surface area contributed by atoms with Crippen LogP contribution in [0.4, 0.5) is 11.6 Å². The van der Waals surface area contributed by atoms with Crippen LogP contribution in [0.1, 0.15) is 40.5 Å². The van der Waals surface area contributed by atoms with Crippen molar-refractivity contribution < 1.29 is 13.2 Å². The van der Waals surface area contributed by atoms with E-state index in [0.717, 1.165) is 30.9 Å². The Morgan fingerprint density at radius 1 is 1.10 bits per heavy atom. The molecule has 0 radical (unpaired) electrons. The van der Waals surface area contributed by atoms with E-state index in [1.54, 1.807) is 19.1 Å². The Balaban J connectivity index is 1.44. The number of carbonyl (C=O) groups excluding carboxylic acids is 1. The van der Waals surface area contributed by atoms with Gasteiger partial charge in [0, 0.05) is 38.9 Å². The Bertz CT molecular complexity index is 1090. The number of aryl methyl sites for hydroxylation is 3. The Morgan fingerprint density at radius 3 is 2.42 bits per heavy atom. The van der Waals surface area contributed by atoms with Crippen LogP contribution in [0.25, 0.3) is 0 Å². The summed E-state index contributed by atoms with van der Waals surface area (Å²) in [5, 5.41) is 0. The summed E-state index contributed by atoms with van der Waals surface area (Å²) in [6.45, 7) is 9.07. The molecule has 4 rings (SSSR count). The van der Waals surface area contributed by atoms with Crippen molar-refractivity contribution in [1.82, 2.24) is 14.9 Å². The summed E-state index contributed by atoms with van der Waals surface area (Å²) in [6.07, 6.45) is 3.49. The minimum atomic E-state index is -3.29. The number of hydrogen-bond acceptors (Lipinski definition) is 6. The van der Waals surface area contributed by atoms with Gasteiger partial charge in [-0.05, 0) is 49.9 Å². The van der Waals surface area contributed by atoms with Crippen molar-refractivity contribution in [2.45, 2.75) is 33.6 Å². The fraction of sp³-hybridized carbons (Fsp3) is 0.500. The van der Waals surface area contributed by atoms with E-state index in [1.165, 1.54) is 9.87 Å². The van der Waals surface area contributed by atoms with Gasteiger partial charge in [0.25, 0.3) is 5.91 Å². The molecule has 2 fully saturated rings. The number of nitrogens with zero attached hydrogens (tertiary/aromatic N) is 5. The molecule has 166 valence electrons. The molecule has 2 aromatic heterocycles. The van der Waals surface area contributed by atoms with Gasteiger partial charge in [-0.3, -0.25) is 9.10 Å². The molecule has 0 spiro atoms. The topological polar surface area (TPSA) is 86.7 Å². The molecule has 0 aromatic carbocycles. The molecular formula is C22H29N5O3S. The predicted molar refractivity (Wildman–Crippen MR) is 121 cm³/mol. The first-order valence-corrected chi connectivity index (χ1v) is 12.4. The van der Waals surface area contributed by atoms with Crippen molar-refractivity contribution in [3.05, 3.63) is 46.8 Å². The molecule has 0 unspecified atom stereocenters. The van der Waals surface area contributed by atoms with E-state index in [9.17, 15) is 13.2 Å². The Kier molecular flexibility index (Phi) is 5.88. The van der Waals surface area contributed by atoms with E-state index in [4.69, 9.17) is 0 Å². The maximum atomic E-state index is 13.1. The third-order valence-electron chi connectivity index (χ3n) is 6.04. The maximum absolute atomic E-state index is 13.1. The Hall–Kier alpha value is -2.68. The Labute approximate surface area is 183 Å². The highest BCUT2D eigenvalue weighted by Crippen LogP contribution is 2.25. The average molecular weight is 444 g/mol. The van der Waals surface area contributed by atoms with E-state index in [2.05, 4.69) is 34.8 Å². The third-order valence-corrected chi connectivity index (χ3v) is 7.88. The second-order valence-electron chi connectivity index (χ2n) is 8.16. The van der Waals surface area contributed by atoms with Crippen LogP contribution in [0, 0.1) is 13.8 Å². The van der Waals surface area contributed by atoms with Gasteiger partial charge in [-0.25, -0.2) is 18.4 Å². The summed E-state index contributed by atoms with van der Waals surface area (Å²) in [5.41, 5.74) is 3.46. The third kappa shape index (κ3) is 4.23. The highest BCUT2D eigenvalue weighted by molar-refractivity contribution is 7.93. The van der Waals surface area contributed by atoms with Gasteiger partial charge in [0.15, 0.2) is 0 Å². The van der Waals surface area contributed by atoms with Crippen LogP contribution in [0.5, 0.6) is 0 Å². The minimum absolute atomic E-state index is 0.0634. The molecule has 4 heterocycles. The molecule has 2 saturated heterocycles. The lowest BCUT2D eigenvalue weighted by atomic mass is 10.1. The van der Waals surface area contributed by atoms with Crippen molar-refractivity contribution in [3.8, 4) is 0 Å². The first-order valence-electron chi connectivity index (χ1n) is 10.8. The van der Waals surface area contributed by atoms with Crippen molar-refractivity contribution in [2.24, 2.45) is 0 Å². The number of hydrogen-bond donors (Lipinski definition) is 0. The van der Waals surface area contributed by atoms with Gasteiger partial charge in [0.1, 0.15) is 11.6 Å². The van der Waals surface area contributed by atoms with Gasteiger partial charge >= 0.3 is 0 Å². The van der Waals surface area contributed by atoms with Gasteiger partial charge in [0.05, 0.1) is 17.0 Å². The van der Waals surface area contributed by atoms with Gasteiger partial charge in [0.2, 0.25) is 10.0 Å². The standard InChI is InChI=1S/C22H29N5O3S/c1-4-18-14-16(2)21(23-15-18)25-9-11-26(12-10-25)22(28)19-6-7-20(24-17(19)3)27-8-5-13-31(27,29)30/h6-7,14-15H,4-5,8-13H2,1-3H3. The summed E-state index contributed by atoms with van der Waals surface area (Å²) in [4.78, 5) is 26.2. The fourth-order valence-corrected chi connectivity index (χ4v) is 5.76. The molecule has 0 N–H and O–H groups in total. The first kappa shape index (κ1) is 21.5. The van der Waals surface area contributed by atoms with Crippen LogP contribution in [0.3, 0.4) is 0 Å². The summed E-state index contributed by atoms with van der Waals surface area (Å²) >= 11 is 0. The lowest BCUT2D eigenvalue weighted by Crippen LogP contribution is -2.49. The SMILES string of the molecule is CCc1cnc(N2CCN(C(=O)c3ccc(N4CCCS4(=O)=O)nc3C)CC2)c(C)c1. The summed E-state index contributed by atoms with van der Waals surface area (Å²) in [7, 11) is -3.29. The normalized spacial score (nSPS) is 18.5. The molecule has 0 atom stereocenters. The van der Waals surface area contributed by atoms with Crippen LogP contribution in [-0.4, -0.2) is 67.7 Å². The number of piperazine rings is 1. The highest BCUT2D eigenvalue weighted by Gasteiger charge is 2.30. The van der Waals surface area contributed by atoms with Crippen molar-refractivity contribution >= 4 is 27.6 Å². The zero-order chi connectivity index (χ0) is 22.2. The Morgan fingerprint density at radius 2 is 1.84 bits per heavy atom. The summed E-state index contributed by atoms with van der Waals surface area (Å²) in [6, 6.07) is 5.52. The van der Waals surface area contributed by atoms with E-state index < -0.39 is 10.0 Å². The molecule has 1 amide bonds. The largest absolute Gasteiger partial charge is 0.353 e. The molecule has 31 heavy (non-hydrogen) atoms. The zero-order valence-electron chi connectivity index (χ0n) is 18.3. The average Bonchev–Trinajstić information content (AvgIpc) is 3.12. The van der Waals surface area contributed by atoms with Gasteiger partial charge in [-0.1, -0.05) is 13.0 Å². The highest BCUT2D eigenvalue weighted by atomic mass is 32.2. The van der Waals surface area contributed by atoms with Gasteiger partial charge in [-0.15, -0.1) is 0 Å². The molecule has 8 nitrogen and oxygen atoms in total. The number of anilines is 2. The number of carbonyl (C=O) groups is 1. The lowest BCUT2D eigenvalue weighted by molar-refractivity contribution is 0.0745. The van der Waals surface area contributed by atoms with Crippen LogP contribution < -0.4 is 9.21 Å². The number of pyridine rings is 2. The van der Waals surface area contributed by atoms with Crippen LogP contribution in [0.2, 0.25) is 0 Å². The van der Waals surface area contributed by atoms with Gasteiger partial charge in [-0.2, -0.15) is 0 Å². The second-order valence-corrected chi connectivity index (χ2v) is 10.2. The molecule has 9 heteroatoms. The first-order chi connectivity index (χ1) is 14.8. The summed E-state index contributed by atoms with van der Waals surface area (Å²) < 4.78 is 25.6. The van der Waals surface area contributed by atoms with Crippen molar-refractivity contribution in [1.29, 1.82) is 0 Å². The molecule has 0 aliphatic carbocycles. The number of sulfonamides is 1. The molecule has 0 saturated carbocycles. The maximum Gasteiger partial charge on any atom is 0.255 e.